The van der Waals surface area contributed by atoms with Gasteiger partial charge in [0.1, 0.15) is 11.5 Å². The zero-order chi connectivity index (χ0) is 18.8. The van der Waals surface area contributed by atoms with Crippen molar-refractivity contribution in [2.24, 2.45) is 14.1 Å². The van der Waals surface area contributed by atoms with Crippen molar-refractivity contribution >= 4 is 11.9 Å². The predicted octanol–water partition coefficient (Wildman–Crippen LogP) is 1.34. The molecule has 14 heteroatoms. The van der Waals surface area contributed by atoms with Crippen molar-refractivity contribution in [3.8, 4) is 23.5 Å². The molecule has 134 valence electrons. The topological polar surface area (TPSA) is 166 Å². The first-order valence-corrected chi connectivity index (χ1v) is 6.90. The van der Waals surface area contributed by atoms with Crippen LogP contribution in [-0.4, -0.2) is 39.4 Å². The van der Waals surface area contributed by atoms with Gasteiger partial charge in [0.15, 0.2) is 0 Å². The van der Waals surface area contributed by atoms with Crippen LogP contribution in [0.1, 0.15) is 0 Å². The van der Waals surface area contributed by atoms with E-state index in [4.69, 9.17) is 9.47 Å². The highest BCUT2D eigenvalue weighted by Gasteiger charge is 2.23. The molecule has 0 saturated carbocycles. The van der Waals surface area contributed by atoms with Crippen molar-refractivity contribution in [3.63, 3.8) is 0 Å². The quantitative estimate of drug-likeness (QED) is 0.461. The van der Waals surface area contributed by atoms with Crippen LogP contribution in [0.2, 0.25) is 0 Å². The highest BCUT2D eigenvalue weighted by Crippen LogP contribution is 2.27. The number of nitro groups is 2. The third-order valence-corrected chi connectivity index (χ3v) is 2.97. The molecule has 0 atom stereocenters. The molecule has 2 aromatic heterocycles. The summed E-state index contributed by atoms with van der Waals surface area (Å²) in [4.78, 5) is 27.2. The maximum atomic E-state index is 10.7. The number of benzene rings is 1. The third-order valence-electron chi connectivity index (χ3n) is 2.97. The predicted molar refractivity (Wildman–Crippen MR) is 81.9 cm³/mol. The molecule has 0 amide bonds. The van der Waals surface area contributed by atoms with Crippen molar-refractivity contribution in [2.75, 3.05) is 0 Å². The summed E-state index contributed by atoms with van der Waals surface area (Å²) < 4.78 is 13.1. The van der Waals surface area contributed by atoms with Crippen LogP contribution in [-0.2, 0) is 14.1 Å². The second kappa shape index (κ2) is 6.42. The second-order valence-electron chi connectivity index (χ2n) is 4.83. The summed E-state index contributed by atoms with van der Waals surface area (Å²) in [5.41, 5.74) is 0. The largest absolute Gasteiger partial charge is 0.494 e. The number of rotatable bonds is 6. The van der Waals surface area contributed by atoms with E-state index < -0.39 is 21.7 Å². The normalized spacial score (nSPS) is 10.5. The summed E-state index contributed by atoms with van der Waals surface area (Å²) in [7, 11) is 2.88. The molecule has 0 saturated heterocycles. The number of aryl methyl sites for hydroxylation is 2. The summed E-state index contributed by atoms with van der Waals surface area (Å²) >= 11 is 0. The smallest absolute Gasteiger partial charge is 0.411 e. The van der Waals surface area contributed by atoms with E-state index in [1.807, 2.05) is 0 Å². The van der Waals surface area contributed by atoms with E-state index in [1.165, 1.54) is 20.2 Å². The maximum Gasteiger partial charge on any atom is 0.494 e. The molecule has 1 aromatic carbocycles. The van der Waals surface area contributed by atoms with Gasteiger partial charge in [0.2, 0.25) is 0 Å². The lowest BCUT2D eigenvalue weighted by atomic mass is 10.3. The Hall–Kier alpha value is -4.10. The van der Waals surface area contributed by atoms with Crippen LogP contribution in [0.25, 0.3) is 0 Å². The summed E-state index contributed by atoms with van der Waals surface area (Å²) in [5.74, 6) is -0.684. The van der Waals surface area contributed by atoms with Crippen molar-refractivity contribution in [1.29, 1.82) is 0 Å². The van der Waals surface area contributed by atoms with Gasteiger partial charge in [0.05, 0.1) is 14.1 Å². The molecule has 0 aliphatic rings. The maximum absolute atomic E-state index is 10.7. The Morgan fingerprint density at radius 2 is 1.31 bits per heavy atom. The molecule has 0 radical (unpaired) electrons. The van der Waals surface area contributed by atoms with Crippen molar-refractivity contribution in [2.45, 2.75) is 0 Å². The Morgan fingerprint density at radius 3 is 1.65 bits per heavy atom. The van der Waals surface area contributed by atoms with Gasteiger partial charge in [-0.1, -0.05) is 6.07 Å². The summed E-state index contributed by atoms with van der Waals surface area (Å²) in [5, 5.41) is 28.6. The van der Waals surface area contributed by atoms with Gasteiger partial charge in [-0.25, -0.2) is 0 Å². The Balaban J connectivity index is 1.80. The molecule has 0 spiro atoms. The molecule has 3 aromatic rings. The second-order valence-corrected chi connectivity index (χ2v) is 4.83. The van der Waals surface area contributed by atoms with E-state index in [0.717, 1.165) is 9.36 Å². The number of nitrogens with zero attached hydrogens (tertiary/aromatic N) is 8. The van der Waals surface area contributed by atoms with E-state index in [2.05, 4.69) is 20.2 Å². The van der Waals surface area contributed by atoms with E-state index in [9.17, 15) is 20.2 Å². The first kappa shape index (κ1) is 16.7. The lowest BCUT2D eigenvalue weighted by Gasteiger charge is -2.04. The molecule has 3 rings (SSSR count). The van der Waals surface area contributed by atoms with Crippen LogP contribution >= 0.6 is 0 Å². The molecule has 0 aliphatic heterocycles. The van der Waals surface area contributed by atoms with Gasteiger partial charge < -0.3 is 29.7 Å². The Bertz CT molecular complexity index is 920. The fraction of sp³-hybridized carbons (Fsp3) is 0.167. The van der Waals surface area contributed by atoms with E-state index in [0.29, 0.717) is 0 Å². The van der Waals surface area contributed by atoms with E-state index >= 15 is 0 Å². The fourth-order valence-corrected chi connectivity index (χ4v) is 1.86. The lowest BCUT2D eigenvalue weighted by molar-refractivity contribution is -0.394. The zero-order valence-corrected chi connectivity index (χ0v) is 13.3. The number of hydrogen-bond acceptors (Lipinski definition) is 10. The lowest BCUT2D eigenvalue weighted by Crippen LogP contribution is -1.97. The zero-order valence-electron chi connectivity index (χ0n) is 13.3. The highest BCUT2D eigenvalue weighted by molar-refractivity contribution is 5.36. The van der Waals surface area contributed by atoms with Crippen LogP contribution in [0.5, 0.6) is 23.5 Å². The first-order chi connectivity index (χ1) is 12.3. The standard InChI is InChI=1S/C12H10N8O6/c1-17-11(13-9(15-17)19(21)22)25-7-4-3-5-8(6-7)26-12-14-10(20(23)24)16-18(12)2/h3-6H,1-2H3. The minimum atomic E-state index is -0.743. The van der Waals surface area contributed by atoms with Crippen molar-refractivity contribution < 1.29 is 19.3 Å². The SMILES string of the molecule is Cn1nc([N+](=O)[O-])nc1Oc1cccc(Oc2nc([N+](=O)[O-])nn2C)c1. The van der Waals surface area contributed by atoms with Gasteiger partial charge in [-0.05, 0) is 31.9 Å². The molecular weight excluding hydrogens is 352 g/mol. The third kappa shape index (κ3) is 3.37. The molecule has 0 unspecified atom stereocenters. The summed E-state index contributed by atoms with van der Waals surface area (Å²) in [6.07, 6.45) is 0. The molecule has 2 heterocycles. The average molecular weight is 362 g/mol. The molecule has 14 nitrogen and oxygen atoms in total. The summed E-state index contributed by atoms with van der Waals surface area (Å²) in [6.45, 7) is 0. The van der Waals surface area contributed by atoms with Gasteiger partial charge in [0, 0.05) is 16.3 Å². The van der Waals surface area contributed by atoms with E-state index in [1.54, 1.807) is 18.2 Å². The molecular formula is C12H10N8O6. The van der Waals surface area contributed by atoms with Gasteiger partial charge in [-0.2, -0.15) is 0 Å². The van der Waals surface area contributed by atoms with Crippen molar-refractivity contribution in [3.05, 3.63) is 44.5 Å². The molecule has 0 aliphatic carbocycles. The summed E-state index contributed by atoms with van der Waals surface area (Å²) in [6, 6.07) is 5.96. The van der Waals surface area contributed by atoms with Crippen molar-refractivity contribution in [1.82, 2.24) is 29.5 Å². The van der Waals surface area contributed by atoms with Gasteiger partial charge in [0.25, 0.3) is 0 Å². The minimum absolute atomic E-state index is 0.0943. The van der Waals surface area contributed by atoms with Gasteiger partial charge >= 0.3 is 23.9 Å². The van der Waals surface area contributed by atoms with Gasteiger partial charge in [-0.3, -0.25) is 0 Å². The average Bonchev–Trinajstić information content (AvgIpc) is 3.12. The van der Waals surface area contributed by atoms with Crippen LogP contribution in [0.4, 0.5) is 11.9 Å². The Labute approximate surface area is 143 Å². The molecule has 26 heavy (non-hydrogen) atoms. The van der Waals surface area contributed by atoms with Crippen LogP contribution in [0, 0.1) is 20.2 Å². The van der Waals surface area contributed by atoms with Crippen LogP contribution in [0.15, 0.2) is 24.3 Å². The van der Waals surface area contributed by atoms with Crippen LogP contribution < -0.4 is 9.47 Å². The van der Waals surface area contributed by atoms with E-state index in [-0.39, 0.29) is 23.5 Å². The van der Waals surface area contributed by atoms with Gasteiger partial charge in [-0.15, -0.1) is 9.36 Å². The fourth-order valence-electron chi connectivity index (χ4n) is 1.86. The monoisotopic (exact) mass is 362 g/mol. The number of ether oxygens (including phenoxy) is 2. The number of aromatic nitrogens is 6. The molecule has 0 fully saturated rings. The Morgan fingerprint density at radius 1 is 0.885 bits per heavy atom. The molecule has 0 N–H and O–H groups in total. The highest BCUT2D eigenvalue weighted by atomic mass is 16.6. The first-order valence-electron chi connectivity index (χ1n) is 6.90. The number of hydrogen-bond donors (Lipinski definition) is 0. The minimum Gasteiger partial charge on any atom is -0.411 e. The Kier molecular flexibility index (Phi) is 4.14. The van der Waals surface area contributed by atoms with Crippen LogP contribution in [0.3, 0.4) is 0 Å². The molecule has 0 bridgehead atoms.